The molecule has 4 heterocycles. The Balaban J connectivity index is 1.38. The molecule has 8 nitrogen and oxygen atoms in total. The molecule has 0 spiro atoms. The van der Waals surface area contributed by atoms with E-state index >= 15 is 0 Å². The zero-order valence-electron chi connectivity index (χ0n) is 20.5. The summed E-state index contributed by atoms with van der Waals surface area (Å²) in [4.78, 5) is 30.9. The number of piperidine rings is 1. The number of fused-ring (bicyclic) bond motifs is 1. The van der Waals surface area contributed by atoms with Gasteiger partial charge in [0.05, 0.1) is 11.9 Å². The molecule has 34 heavy (non-hydrogen) atoms. The monoisotopic (exact) mass is 461 g/mol. The summed E-state index contributed by atoms with van der Waals surface area (Å²) in [6.45, 7) is 4.48. The van der Waals surface area contributed by atoms with Gasteiger partial charge in [0.2, 0.25) is 5.95 Å². The molecule has 5 rings (SSSR count). The molecule has 1 saturated heterocycles. The van der Waals surface area contributed by atoms with Crippen molar-refractivity contribution in [3.63, 3.8) is 0 Å². The van der Waals surface area contributed by atoms with Gasteiger partial charge in [0, 0.05) is 44.8 Å². The van der Waals surface area contributed by atoms with Crippen molar-refractivity contribution in [3.05, 3.63) is 36.3 Å². The zero-order chi connectivity index (χ0) is 23.7. The summed E-state index contributed by atoms with van der Waals surface area (Å²) in [5.41, 5.74) is 2.66. The van der Waals surface area contributed by atoms with Gasteiger partial charge in [-0.15, -0.1) is 0 Å². The fraction of sp³-hybridized carbons (Fsp3) is 0.538. The predicted octanol–water partition coefficient (Wildman–Crippen LogP) is 5.01. The van der Waals surface area contributed by atoms with Crippen LogP contribution in [-0.4, -0.2) is 57.5 Å². The number of hydrogen-bond acceptors (Lipinski definition) is 6. The summed E-state index contributed by atoms with van der Waals surface area (Å²) >= 11 is 0. The van der Waals surface area contributed by atoms with Crippen LogP contribution in [0.5, 0.6) is 0 Å². The molecule has 0 atom stereocenters. The first-order valence-electron chi connectivity index (χ1n) is 12.6. The first kappa shape index (κ1) is 22.6. The van der Waals surface area contributed by atoms with Crippen molar-refractivity contribution in [1.29, 1.82) is 0 Å². The topological polar surface area (TPSA) is 79.2 Å². The Kier molecular flexibility index (Phi) is 6.39. The summed E-state index contributed by atoms with van der Waals surface area (Å²) in [6.07, 6.45) is 12.0. The number of hydrogen-bond donors (Lipinski definition) is 1. The van der Waals surface area contributed by atoms with Crippen molar-refractivity contribution >= 4 is 34.4 Å². The fourth-order valence-corrected chi connectivity index (χ4v) is 5.36. The minimum absolute atomic E-state index is 0.000338. The second kappa shape index (κ2) is 9.60. The van der Waals surface area contributed by atoms with Gasteiger partial charge in [-0.1, -0.05) is 26.2 Å². The van der Waals surface area contributed by atoms with E-state index < -0.39 is 0 Å². The van der Waals surface area contributed by atoms with Gasteiger partial charge in [-0.25, -0.2) is 9.97 Å². The van der Waals surface area contributed by atoms with E-state index in [-0.39, 0.29) is 5.91 Å². The Morgan fingerprint density at radius 2 is 1.85 bits per heavy atom. The molecule has 1 saturated carbocycles. The second-order valence-corrected chi connectivity index (χ2v) is 9.88. The maximum Gasteiger partial charge on any atom is 0.270 e. The van der Waals surface area contributed by atoms with Gasteiger partial charge < -0.3 is 19.7 Å². The second-order valence-electron chi connectivity index (χ2n) is 9.88. The zero-order valence-corrected chi connectivity index (χ0v) is 20.5. The van der Waals surface area contributed by atoms with E-state index in [1.54, 1.807) is 25.2 Å². The van der Waals surface area contributed by atoms with Crippen LogP contribution in [-0.2, 0) is 0 Å². The maximum atomic E-state index is 12.9. The first-order chi connectivity index (χ1) is 16.5. The molecule has 0 unspecified atom stereocenters. The van der Waals surface area contributed by atoms with Gasteiger partial charge in [-0.2, -0.15) is 4.98 Å². The normalized spacial score (nSPS) is 17.4. The fourth-order valence-electron chi connectivity index (χ4n) is 5.36. The molecule has 1 amide bonds. The van der Waals surface area contributed by atoms with Crippen LogP contribution in [0.2, 0.25) is 0 Å². The molecule has 1 N–H and O–H groups in total. The van der Waals surface area contributed by atoms with Gasteiger partial charge in [-0.3, -0.25) is 4.79 Å². The summed E-state index contributed by atoms with van der Waals surface area (Å²) in [6, 6.07) is 6.34. The SMILES string of the molecule is CCC1CCN(c2ccc(Nc3ncc4cc(C(=O)N(C)C)n(C5CCCC5)c4n3)nc2)CC1. The quantitative estimate of drug-likeness (QED) is 0.556. The third-order valence-electron chi connectivity index (χ3n) is 7.44. The summed E-state index contributed by atoms with van der Waals surface area (Å²) in [5.74, 6) is 2.07. The Morgan fingerprint density at radius 1 is 1.09 bits per heavy atom. The molecule has 2 aliphatic rings. The molecule has 0 aromatic carbocycles. The average Bonchev–Trinajstić information content (AvgIpc) is 3.51. The minimum atomic E-state index is -0.000338. The van der Waals surface area contributed by atoms with Crippen LogP contribution in [0.3, 0.4) is 0 Å². The number of amides is 1. The summed E-state index contributed by atoms with van der Waals surface area (Å²) in [7, 11) is 3.58. The molecule has 8 heteroatoms. The highest BCUT2D eigenvalue weighted by Crippen LogP contribution is 2.35. The van der Waals surface area contributed by atoms with Crippen LogP contribution < -0.4 is 10.2 Å². The number of anilines is 3. The first-order valence-corrected chi connectivity index (χ1v) is 12.6. The van der Waals surface area contributed by atoms with E-state index in [0.29, 0.717) is 17.7 Å². The van der Waals surface area contributed by atoms with Gasteiger partial charge in [0.1, 0.15) is 17.2 Å². The van der Waals surface area contributed by atoms with Crippen LogP contribution in [0.25, 0.3) is 11.0 Å². The van der Waals surface area contributed by atoms with E-state index in [2.05, 4.69) is 37.7 Å². The predicted molar refractivity (Wildman–Crippen MR) is 136 cm³/mol. The molecule has 0 radical (unpaired) electrons. The number of rotatable bonds is 6. The van der Waals surface area contributed by atoms with Crippen LogP contribution in [0.15, 0.2) is 30.6 Å². The molecule has 1 aliphatic heterocycles. The highest BCUT2D eigenvalue weighted by atomic mass is 16.2. The number of aromatic nitrogens is 4. The Bertz CT molecular complexity index is 1140. The molecule has 180 valence electrons. The average molecular weight is 462 g/mol. The van der Waals surface area contributed by atoms with Gasteiger partial charge in [0.25, 0.3) is 5.91 Å². The lowest BCUT2D eigenvalue weighted by atomic mass is 9.94. The Labute approximate surface area is 201 Å². The summed E-state index contributed by atoms with van der Waals surface area (Å²) < 4.78 is 2.13. The van der Waals surface area contributed by atoms with Crippen LogP contribution in [0.4, 0.5) is 17.5 Å². The molecule has 3 aromatic rings. The van der Waals surface area contributed by atoms with Crippen LogP contribution in [0.1, 0.15) is 68.4 Å². The van der Waals surface area contributed by atoms with Crippen molar-refractivity contribution in [1.82, 2.24) is 24.4 Å². The molecule has 3 aromatic heterocycles. The third-order valence-corrected chi connectivity index (χ3v) is 7.44. The molecule has 0 bridgehead atoms. The lowest BCUT2D eigenvalue weighted by molar-refractivity contribution is 0.0815. The molecule has 2 fully saturated rings. The Morgan fingerprint density at radius 3 is 2.50 bits per heavy atom. The van der Waals surface area contributed by atoms with Crippen molar-refractivity contribution < 1.29 is 4.79 Å². The van der Waals surface area contributed by atoms with Gasteiger partial charge in [-0.05, 0) is 49.8 Å². The number of nitrogens with one attached hydrogen (secondary N) is 1. The lowest BCUT2D eigenvalue weighted by Crippen LogP contribution is -2.33. The Hall–Kier alpha value is -3.16. The van der Waals surface area contributed by atoms with Crippen molar-refractivity contribution in [3.8, 4) is 0 Å². The van der Waals surface area contributed by atoms with Crippen molar-refractivity contribution in [2.24, 2.45) is 5.92 Å². The molecular formula is C26H35N7O. The van der Waals surface area contributed by atoms with E-state index in [4.69, 9.17) is 4.98 Å². The van der Waals surface area contributed by atoms with E-state index in [9.17, 15) is 4.79 Å². The van der Waals surface area contributed by atoms with E-state index in [1.807, 2.05) is 18.3 Å². The number of carbonyl (C=O) groups excluding carboxylic acids is 1. The molecular weight excluding hydrogens is 426 g/mol. The lowest BCUT2D eigenvalue weighted by Gasteiger charge is -2.33. The number of pyridine rings is 1. The smallest absolute Gasteiger partial charge is 0.270 e. The number of nitrogens with zero attached hydrogens (tertiary/aromatic N) is 6. The van der Waals surface area contributed by atoms with Crippen molar-refractivity contribution in [2.45, 2.75) is 57.9 Å². The third kappa shape index (κ3) is 4.45. The molecule has 1 aliphatic carbocycles. The highest BCUT2D eigenvalue weighted by Gasteiger charge is 2.26. The highest BCUT2D eigenvalue weighted by molar-refractivity contribution is 5.97. The number of carbonyl (C=O) groups is 1. The standard InChI is InChI=1S/C26H35N7O/c1-4-18-11-13-32(14-12-18)21-9-10-23(27-17-21)29-26-28-16-19-15-22(25(34)31(2)3)33(24(19)30-26)20-7-5-6-8-20/h9-10,15-18,20H,4-8,11-14H2,1-3H3,(H,27,28,29,30). The minimum Gasteiger partial charge on any atom is -0.370 e. The van der Waals surface area contributed by atoms with Crippen LogP contribution >= 0.6 is 0 Å². The van der Waals surface area contributed by atoms with E-state index in [0.717, 1.165) is 48.7 Å². The van der Waals surface area contributed by atoms with Crippen molar-refractivity contribution in [2.75, 3.05) is 37.4 Å². The summed E-state index contributed by atoms with van der Waals surface area (Å²) in [5, 5.41) is 4.15. The van der Waals surface area contributed by atoms with Gasteiger partial charge in [0.15, 0.2) is 0 Å². The maximum absolute atomic E-state index is 12.9. The van der Waals surface area contributed by atoms with E-state index in [1.165, 1.54) is 37.8 Å². The van der Waals surface area contributed by atoms with Gasteiger partial charge >= 0.3 is 0 Å². The largest absolute Gasteiger partial charge is 0.370 e. The van der Waals surface area contributed by atoms with Crippen LogP contribution in [0, 0.1) is 5.92 Å².